The van der Waals surface area contributed by atoms with Gasteiger partial charge in [0, 0.05) is 17.8 Å². The van der Waals surface area contributed by atoms with Gasteiger partial charge in [0.05, 0.1) is 0 Å². The van der Waals surface area contributed by atoms with E-state index >= 15 is 8.78 Å². The number of ketones is 1. The third-order valence-corrected chi connectivity index (χ3v) is 10.7. The molecule has 5 aliphatic carbocycles. The van der Waals surface area contributed by atoms with Crippen molar-refractivity contribution in [2.75, 3.05) is 0 Å². The summed E-state index contributed by atoms with van der Waals surface area (Å²) in [5, 5.41) is 11.4. The Morgan fingerprint density at radius 1 is 0.973 bits per heavy atom. The van der Waals surface area contributed by atoms with Gasteiger partial charge in [-0.05, 0) is 97.0 Å². The molecule has 7 heteroatoms. The number of allylic oxidation sites excluding steroid dienone is 4. The first-order valence-corrected chi connectivity index (χ1v) is 13.5. The van der Waals surface area contributed by atoms with Crippen molar-refractivity contribution in [3.63, 3.8) is 0 Å². The predicted octanol–water partition coefficient (Wildman–Crippen LogP) is 7.57. The maximum absolute atomic E-state index is 15.1. The Kier molecular flexibility index (Phi) is 5.30. The molecule has 1 aromatic carbocycles. The number of halogens is 5. The first kappa shape index (κ1) is 25.3. The molecule has 3 fully saturated rings. The van der Waals surface area contributed by atoms with E-state index in [1.54, 1.807) is 6.08 Å². The molecule has 0 unspecified atom stereocenters. The topological polar surface area (TPSA) is 37.3 Å². The molecule has 3 saturated carbocycles. The summed E-state index contributed by atoms with van der Waals surface area (Å²) in [6.07, 6.45) is -0.257. The summed E-state index contributed by atoms with van der Waals surface area (Å²) in [5.41, 5.74) is 0.574. The molecule has 5 atom stereocenters. The van der Waals surface area contributed by atoms with Crippen LogP contribution in [0.25, 0.3) is 0 Å². The van der Waals surface area contributed by atoms with Crippen molar-refractivity contribution in [2.24, 2.45) is 17.3 Å². The lowest BCUT2D eigenvalue weighted by atomic mass is 9.50. The average Bonchev–Trinajstić information content (AvgIpc) is 3.53. The number of hydrogen-bond donors (Lipinski definition) is 1. The second kappa shape index (κ2) is 7.77. The average molecular weight is 521 g/mol. The van der Waals surface area contributed by atoms with Crippen LogP contribution in [0.4, 0.5) is 22.0 Å². The standard InChI is InChI=1S/C30H33F5O2/c1-26(12-13-26)19-5-3-4-17(14-19)23-16-27(2)24(10-11-28(27,37)29(31,32)30(33,34)35)22-8-6-18-15-20(36)7-9-21(18)25(22)23/h3-5,14-15,22-24,37H,6-13,16H2,1-2H3/t22-,23+,24-,27-,28-/m0/s1. The van der Waals surface area contributed by atoms with Gasteiger partial charge in [-0.3, -0.25) is 4.79 Å². The van der Waals surface area contributed by atoms with Crippen LogP contribution in [-0.2, 0) is 10.2 Å². The van der Waals surface area contributed by atoms with Crippen LogP contribution in [0.3, 0.4) is 0 Å². The van der Waals surface area contributed by atoms with Crippen LogP contribution in [0.15, 0.2) is 47.1 Å². The van der Waals surface area contributed by atoms with Gasteiger partial charge in [-0.25, -0.2) is 0 Å². The zero-order chi connectivity index (χ0) is 26.6. The summed E-state index contributed by atoms with van der Waals surface area (Å²) in [5.74, 6) is -6.18. The van der Waals surface area contributed by atoms with Crippen molar-refractivity contribution in [1.29, 1.82) is 0 Å². The molecule has 1 N–H and O–H groups in total. The zero-order valence-electron chi connectivity index (χ0n) is 21.2. The Morgan fingerprint density at radius 3 is 2.38 bits per heavy atom. The van der Waals surface area contributed by atoms with Gasteiger partial charge < -0.3 is 5.11 Å². The number of carbonyl (C=O) groups excluding carboxylic acids is 1. The number of aliphatic hydroxyl groups is 1. The Bertz CT molecular complexity index is 1220. The third-order valence-electron chi connectivity index (χ3n) is 10.7. The molecule has 0 saturated heterocycles. The highest BCUT2D eigenvalue weighted by atomic mass is 19.4. The molecule has 0 spiro atoms. The van der Waals surface area contributed by atoms with Crippen LogP contribution in [0.1, 0.15) is 88.7 Å². The minimum absolute atomic E-state index is 0.0244. The Labute approximate surface area is 214 Å². The second-order valence-electron chi connectivity index (χ2n) is 12.7. The normalized spacial score (nSPS) is 37.0. The molecule has 0 radical (unpaired) electrons. The van der Waals surface area contributed by atoms with E-state index in [0.29, 0.717) is 25.7 Å². The Hall–Kier alpha value is -2.02. The van der Waals surface area contributed by atoms with E-state index in [2.05, 4.69) is 19.1 Å². The van der Waals surface area contributed by atoms with Gasteiger partial charge in [0.15, 0.2) is 5.78 Å². The highest BCUT2D eigenvalue weighted by molar-refractivity contribution is 5.93. The second-order valence-corrected chi connectivity index (χ2v) is 12.7. The maximum Gasteiger partial charge on any atom is 0.456 e. The first-order valence-electron chi connectivity index (χ1n) is 13.5. The molecule has 0 heterocycles. The van der Waals surface area contributed by atoms with Crippen LogP contribution < -0.4 is 0 Å². The van der Waals surface area contributed by atoms with Gasteiger partial charge in [0.25, 0.3) is 0 Å². The Morgan fingerprint density at radius 2 is 1.70 bits per heavy atom. The molecule has 37 heavy (non-hydrogen) atoms. The van der Waals surface area contributed by atoms with Gasteiger partial charge in [-0.15, -0.1) is 0 Å². The molecule has 1 aromatic rings. The molecule has 5 aliphatic rings. The highest BCUT2D eigenvalue weighted by Crippen LogP contribution is 2.70. The van der Waals surface area contributed by atoms with E-state index in [9.17, 15) is 23.1 Å². The van der Waals surface area contributed by atoms with Crippen molar-refractivity contribution < 1.29 is 31.9 Å². The number of fused-ring (bicyclic) bond motifs is 4. The maximum atomic E-state index is 15.1. The number of carbonyl (C=O) groups is 1. The summed E-state index contributed by atoms with van der Waals surface area (Å²) in [4.78, 5) is 12.2. The lowest BCUT2D eigenvalue weighted by Gasteiger charge is -2.56. The highest BCUT2D eigenvalue weighted by Gasteiger charge is 2.79. The number of alkyl halides is 5. The minimum atomic E-state index is -5.83. The molecule has 6 rings (SSSR count). The minimum Gasteiger partial charge on any atom is -0.383 e. The van der Waals surface area contributed by atoms with E-state index in [1.807, 2.05) is 12.1 Å². The molecule has 0 amide bonds. The molecule has 200 valence electrons. The van der Waals surface area contributed by atoms with Crippen molar-refractivity contribution in [2.45, 2.75) is 101 Å². The molecule has 2 nitrogen and oxygen atoms in total. The third kappa shape index (κ3) is 3.41. The summed E-state index contributed by atoms with van der Waals surface area (Å²) >= 11 is 0. The smallest absolute Gasteiger partial charge is 0.383 e. The zero-order valence-corrected chi connectivity index (χ0v) is 21.2. The van der Waals surface area contributed by atoms with Crippen LogP contribution in [0.5, 0.6) is 0 Å². The number of hydrogen-bond acceptors (Lipinski definition) is 2. The number of benzene rings is 1. The van der Waals surface area contributed by atoms with E-state index in [1.165, 1.54) is 6.92 Å². The fourth-order valence-corrected chi connectivity index (χ4v) is 8.32. The SMILES string of the molecule is CC1(c2cccc([C@H]3C[C@@]4(C)[C@@H](CC[C@@]4(O)C(F)(F)C(F)(F)F)[C@@H]4CCC5=CC(=O)CCC5=C43)c2)CC1. The lowest BCUT2D eigenvalue weighted by Crippen LogP contribution is -2.65. The van der Waals surface area contributed by atoms with Crippen molar-refractivity contribution >= 4 is 5.78 Å². The van der Waals surface area contributed by atoms with Crippen LogP contribution in [-0.4, -0.2) is 28.6 Å². The first-order chi connectivity index (χ1) is 17.2. The molecular weight excluding hydrogens is 487 g/mol. The largest absolute Gasteiger partial charge is 0.456 e. The molecule has 0 bridgehead atoms. The van der Waals surface area contributed by atoms with Gasteiger partial charge >= 0.3 is 12.1 Å². The summed E-state index contributed by atoms with van der Waals surface area (Å²) in [7, 11) is 0. The predicted molar refractivity (Wildman–Crippen MR) is 129 cm³/mol. The van der Waals surface area contributed by atoms with Crippen molar-refractivity contribution in [1.82, 2.24) is 0 Å². The fraction of sp³-hybridized carbons (Fsp3) is 0.633. The summed E-state index contributed by atoms with van der Waals surface area (Å²) in [6.45, 7) is 3.66. The molecule has 0 aromatic heterocycles. The molecule has 0 aliphatic heterocycles. The van der Waals surface area contributed by atoms with Gasteiger partial charge in [0.1, 0.15) is 5.60 Å². The molecular formula is C30H33F5O2. The fourth-order valence-electron chi connectivity index (χ4n) is 8.32. The van der Waals surface area contributed by atoms with E-state index in [0.717, 1.165) is 40.7 Å². The van der Waals surface area contributed by atoms with Gasteiger partial charge in [-0.2, -0.15) is 22.0 Å². The van der Waals surface area contributed by atoms with Gasteiger partial charge in [0.2, 0.25) is 0 Å². The Balaban J connectivity index is 1.53. The summed E-state index contributed by atoms with van der Waals surface area (Å²) < 4.78 is 71.3. The quantitative estimate of drug-likeness (QED) is 0.418. The van der Waals surface area contributed by atoms with Gasteiger partial charge in [-0.1, -0.05) is 43.7 Å². The van der Waals surface area contributed by atoms with E-state index < -0.39 is 35.5 Å². The number of rotatable bonds is 3. The van der Waals surface area contributed by atoms with Crippen LogP contribution in [0.2, 0.25) is 0 Å². The lowest BCUT2D eigenvalue weighted by molar-refractivity contribution is -0.362. The van der Waals surface area contributed by atoms with Crippen molar-refractivity contribution in [3.8, 4) is 0 Å². The monoisotopic (exact) mass is 520 g/mol. The van der Waals surface area contributed by atoms with E-state index in [4.69, 9.17) is 0 Å². The van der Waals surface area contributed by atoms with Crippen molar-refractivity contribution in [3.05, 3.63) is 58.2 Å². The van der Waals surface area contributed by atoms with Crippen LogP contribution in [0, 0.1) is 17.3 Å². The van der Waals surface area contributed by atoms with E-state index in [-0.39, 0.29) is 35.9 Å². The van der Waals surface area contributed by atoms with Crippen LogP contribution >= 0.6 is 0 Å². The summed E-state index contributed by atoms with van der Waals surface area (Å²) in [6, 6.07) is 8.08.